The Morgan fingerprint density at radius 1 is 1.03 bits per heavy atom. The number of nitrogens with one attached hydrogen (secondary N) is 1. The van der Waals surface area contributed by atoms with E-state index in [2.05, 4.69) is 4.72 Å². The molecule has 2 aromatic rings. The molecule has 0 aromatic heterocycles. The van der Waals surface area contributed by atoms with Gasteiger partial charge in [-0.15, -0.1) is 0 Å². The molecule has 2 amide bonds. The topological polar surface area (TPSA) is 130 Å². The van der Waals surface area contributed by atoms with Crippen molar-refractivity contribution in [2.45, 2.75) is 37.9 Å². The predicted molar refractivity (Wildman–Crippen MR) is 121 cm³/mol. The molecule has 3 rings (SSSR count). The molecule has 0 radical (unpaired) electrons. The molecule has 9 heteroatoms. The third kappa shape index (κ3) is 5.35. The molecule has 31 heavy (non-hydrogen) atoms. The first-order chi connectivity index (χ1) is 14.2. The third-order valence-electron chi connectivity index (χ3n) is 5.66. The molecule has 0 saturated carbocycles. The molecule has 1 aliphatic rings. The van der Waals surface area contributed by atoms with Crippen LogP contribution in [0.5, 0.6) is 0 Å². The quantitative estimate of drug-likeness (QED) is 0.599. The molecule has 1 fully saturated rings. The number of aryl methyl sites for hydroxylation is 1. The number of amides is 2. The second-order valence-corrected chi connectivity index (χ2v) is 9.53. The molecule has 2 aromatic carbocycles. The second-order valence-electron chi connectivity index (χ2n) is 7.45. The average molecular weight is 448 g/mol. The van der Waals surface area contributed by atoms with Gasteiger partial charge in [0.2, 0.25) is 10.0 Å². The zero-order valence-corrected chi connectivity index (χ0v) is 17.3. The van der Waals surface area contributed by atoms with Crippen molar-refractivity contribution in [2.24, 2.45) is 5.73 Å². The highest BCUT2D eigenvalue weighted by atomic mass is 32.2. The summed E-state index contributed by atoms with van der Waals surface area (Å²) in [6.07, 6.45) is 0.140. The van der Waals surface area contributed by atoms with E-state index in [9.17, 15) is 23.1 Å². The maximum absolute atomic E-state index is 13.5. The number of anilines is 1. The summed E-state index contributed by atoms with van der Waals surface area (Å²) in [6.45, 7) is 0.255. The van der Waals surface area contributed by atoms with Crippen molar-refractivity contribution in [3.63, 3.8) is 0 Å². The van der Waals surface area contributed by atoms with E-state index in [1.54, 1.807) is 12.1 Å². The minimum Gasteiger partial charge on any atom is -0.465 e. The third-order valence-corrected chi connectivity index (χ3v) is 7.91. The van der Waals surface area contributed by atoms with E-state index in [1.165, 1.54) is 17.0 Å². The minimum atomic E-state index is -3.95. The van der Waals surface area contributed by atoms with Crippen LogP contribution >= 0.6 is 0 Å². The summed E-state index contributed by atoms with van der Waals surface area (Å²) in [7, 11) is -3.95. The number of benzene rings is 2. The predicted octanol–water partition coefficient (Wildman–Crippen LogP) is 3.31. The van der Waals surface area contributed by atoms with Gasteiger partial charge >= 0.3 is 6.09 Å². The Morgan fingerprint density at radius 2 is 1.61 bits per heavy atom. The van der Waals surface area contributed by atoms with Crippen LogP contribution in [0.3, 0.4) is 0 Å². The zero-order chi connectivity index (χ0) is 21.8. The SMILES string of the molecule is C.NC(=O)c1ccccc1NS(=O)(=O)C1(CCc2ccccc2)CCN(C(=O)O)CC1. The highest BCUT2D eigenvalue weighted by molar-refractivity contribution is 7.94. The number of primary amides is 1. The van der Waals surface area contributed by atoms with Crippen molar-refractivity contribution >= 4 is 27.7 Å². The van der Waals surface area contributed by atoms with E-state index in [0.717, 1.165) is 5.56 Å². The van der Waals surface area contributed by atoms with Crippen LogP contribution in [0, 0.1) is 0 Å². The molecule has 0 aliphatic carbocycles. The van der Waals surface area contributed by atoms with E-state index in [-0.39, 0.29) is 44.6 Å². The fraction of sp³-hybridized carbons (Fsp3) is 0.364. The molecule has 0 bridgehead atoms. The largest absolute Gasteiger partial charge is 0.465 e. The minimum absolute atomic E-state index is 0. The molecule has 1 saturated heterocycles. The number of carboxylic acid groups (broad SMARTS) is 1. The first-order valence-electron chi connectivity index (χ1n) is 9.67. The van der Waals surface area contributed by atoms with Crippen LogP contribution in [0.4, 0.5) is 10.5 Å². The van der Waals surface area contributed by atoms with Gasteiger partial charge < -0.3 is 15.7 Å². The Morgan fingerprint density at radius 3 is 2.19 bits per heavy atom. The van der Waals surface area contributed by atoms with Crippen LogP contribution in [-0.4, -0.2) is 48.3 Å². The summed E-state index contributed by atoms with van der Waals surface area (Å²) in [5.74, 6) is -0.729. The van der Waals surface area contributed by atoms with Crippen molar-refractivity contribution in [3.8, 4) is 0 Å². The number of piperidine rings is 1. The van der Waals surface area contributed by atoms with Crippen LogP contribution in [0.2, 0.25) is 0 Å². The lowest BCUT2D eigenvalue weighted by atomic mass is 9.89. The monoisotopic (exact) mass is 447 g/mol. The van der Waals surface area contributed by atoms with E-state index in [0.29, 0.717) is 12.8 Å². The smallest absolute Gasteiger partial charge is 0.407 e. The maximum Gasteiger partial charge on any atom is 0.407 e. The highest BCUT2D eigenvalue weighted by Crippen LogP contribution is 2.37. The highest BCUT2D eigenvalue weighted by Gasteiger charge is 2.46. The number of carbonyl (C=O) groups excluding carboxylic acids is 1. The van der Waals surface area contributed by atoms with Gasteiger partial charge in [-0.2, -0.15) is 0 Å². The summed E-state index contributed by atoms with van der Waals surface area (Å²) < 4.78 is 28.4. The molecule has 1 heterocycles. The number of likely N-dealkylation sites (tertiary alicyclic amines) is 1. The molecular weight excluding hydrogens is 418 g/mol. The van der Waals surface area contributed by atoms with Crippen LogP contribution in [0.25, 0.3) is 0 Å². The summed E-state index contributed by atoms with van der Waals surface area (Å²) in [5.41, 5.74) is 6.61. The summed E-state index contributed by atoms with van der Waals surface area (Å²) in [6, 6.07) is 15.7. The zero-order valence-electron chi connectivity index (χ0n) is 16.5. The first-order valence-corrected chi connectivity index (χ1v) is 11.2. The van der Waals surface area contributed by atoms with E-state index >= 15 is 0 Å². The van der Waals surface area contributed by atoms with Crippen molar-refractivity contribution in [3.05, 3.63) is 65.7 Å². The number of nitrogens with zero attached hydrogens (tertiary/aromatic N) is 1. The van der Waals surface area contributed by atoms with Crippen LogP contribution in [-0.2, 0) is 16.4 Å². The molecule has 1 aliphatic heterocycles. The van der Waals surface area contributed by atoms with Gasteiger partial charge in [-0.25, -0.2) is 13.2 Å². The van der Waals surface area contributed by atoms with E-state index in [4.69, 9.17) is 5.73 Å². The average Bonchev–Trinajstić information content (AvgIpc) is 2.73. The van der Waals surface area contributed by atoms with E-state index in [1.807, 2.05) is 30.3 Å². The van der Waals surface area contributed by atoms with Crippen LogP contribution < -0.4 is 10.5 Å². The molecule has 0 unspecified atom stereocenters. The molecular formula is C22H29N3O5S. The van der Waals surface area contributed by atoms with Gasteiger partial charge in [0.1, 0.15) is 0 Å². The van der Waals surface area contributed by atoms with Gasteiger partial charge in [0, 0.05) is 13.1 Å². The first kappa shape index (κ1) is 24.2. The number of rotatable bonds is 7. The van der Waals surface area contributed by atoms with Crippen LogP contribution in [0.15, 0.2) is 54.6 Å². The lowest BCUT2D eigenvalue weighted by Crippen LogP contribution is -2.52. The number of hydrogen-bond donors (Lipinski definition) is 3. The molecule has 4 N–H and O–H groups in total. The normalized spacial score (nSPS) is 15.5. The fourth-order valence-corrected chi connectivity index (χ4v) is 5.59. The number of nitrogens with two attached hydrogens (primary N) is 1. The van der Waals surface area contributed by atoms with Gasteiger partial charge in [-0.1, -0.05) is 49.9 Å². The molecule has 8 nitrogen and oxygen atoms in total. The Balaban J connectivity index is 0.00000341. The number of sulfonamides is 1. The molecule has 168 valence electrons. The Kier molecular flexibility index (Phi) is 7.67. The lowest BCUT2D eigenvalue weighted by Gasteiger charge is -2.40. The summed E-state index contributed by atoms with van der Waals surface area (Å²) in [5, 5.41) is 9.26. The van der Waals surface area contributed by atoms with Gasteiger partial charge in [0.05, 0.1) is 16.0 Å². The Labute approximate surface area is 183 Å². The number of para-hydroxylation sites is 1. The van der Waals surface area contributed by atoms with Crippen LogP contribution in [0.1, 0.15) is 42.6 Å². The molecule has 0 spiro atoms. The molecule has 0 atom stereocenters. The second kappa shape index (κ2) is 9.82. The standard InChI is InChI=1S/C21H25N3O5S.CH4/c22-19(25)17-8-4-5-9-18(17)23-30(28,29)21(11-10-16-6-2-1-3-7-16)12-14-24(15-13-21)20(26)27;/h1-9,23H,10-15H2,(H2,22,25)(H,26,27);1H4. The summed E-state index contributed by atoms with van der Waals surface area (Å²) in [4.78, 5) is 24.3. The number of hydrogen-bond acceptors (Lipinski definition) is 4. The lowest BCUT2D eigenvalue weighted by molar-refractivity contribution is 0.100. The number of carbonyl (C=O) groups is 2. The fourth-order valence-electron chi connectivity index (χ4n) is 3.82. The van der Waals surface area contributed by atoms with Crippen molar-refractivity contribution in [1.29, 1.82) is 0 Å². The van der Waals surface area contributed by atoms with E-state index < -0.39 is 26.8 Å². The van der Waals surface area contributed by atoms with Gasteiger partial charge in [-0.05, 0) is 43.4 Å². The maximum atomic E-state index is 13.5. The summed E-state index contributed by atoms with van der Waals surface area (Å²) >= 11 is 0. The van der Waals surface area contributed by atoms with Crippen molar-refractivity contribution < 1.29 is 23.1 Å². The van der Waals surface area contributed by atoms with Gasteiger partial charge in [0.15, 0.2) is 0 Å². The van der Waals surface area contributed by atoms with Gasteiger partial charge in [-0.3, -0.25) is 9.52 Å². The Bertz CT molecular complexity index is 1020. The van der Waals surface area contributed by atoms with Crippen molar-refractivity contribution in [2.75, 3.05) is 17.8 Å². The Hall–Kier alpha value is -3.07. The van der Waals surface area contributed by atoms with Crippen molar-refractivity contribution in [1.82, 2.24) is 4.90 Å². The van der Waals surface area contributed by atoms with Gasteiger partial charge in [0.25, 0.3) is 5.91 Å².